The molecule has 0 spiro atoms. The second-order valence-electron chi connectivity index (χ2n) is 7.56. The second-order valence-corrected chi connectivity index (χ2v) is 7.56. The standard InChI is InChI=1S/C19H31NO2/c1-14-8-6-7-11-20(14)13-17(21)16-12-15(19(2,3)4)9-10-18(16)22-5/h9-10,12,14,17,21H,6-8,11,13H2,1-5H3. The van der Waals surface area contributed by atoms with Crippen LogP contribution in [0.3, 0.4) is 0 Å². The van der Waals surface area contributed by atoms with E-state index in [-0.39, 0.29) is 5.41 Å². The molecule has 0 radical (unpaired) electrons. The first kappa shape index (κ1) is 17.3. The maximum Gasteiger partial charge on any atom is 0.124 e. The third kappa shape index (κ3) is 4.02. The van der Waals surface area contributed by atoms with Gasteiger partial charge in [-0.25, -0.2) is 0 Å². The number of β-amino-alcohol motifs (C(OH)–C–C–N with tert-alkyl or cyclic N) is 1. The number of nitrogens with zero attached hydrogens (tertiary/aromatic N) is 1. The molecule has 1 fully saturated rings. The van der Waals surface area contributed by atoms with Gasteiger partial charge in [-0.1, -0.05) is 33.3 Å². The molecule has 0 aliphatic carbocycles. The summed E-state index contributed by atoms with van der Waals surface area (Å²) in [6.45, 7) is 10.6. The first-order valence-electron chi connectivity index (χ1n) is 8.43. The van der Waals surface area contributed by atoms with Crippen LogP contribution in [0.25, 0.3) is 0 Å². The molecule has 0 aromatic heterocycles. The Labute approximate surface area is 135 Å². The van der Waals surface area contributed by atoms with Crippen LogP contribution in [0.5, 0.6) is 5.75 Å². The topological polar surface area (TPSA) is 32.7 Å². The van der Waals surface area contributed by atoms with Crippen molar-refractivity contribution in [2.24, 2.45) is 0 Å². The summed E-state index contributed by atoms with van der Waals surface area (Å²) >= 11 is 0. The lowest BCUT2D eigenvalue weighted by molar-refractivity contribution is 0.0717. The first-order chi connectivity index (χ1) is 10.3. The fraction of sp³-hybridized carbons (Fsp3) is 0.684. The lowest BCUT2D eigenvalue weighted by Crippen LogP contribution is -2.40. The number of hydrogen-bond donors (Lipinski definition) is 1. The summed E-state index contributed by atoms with van der Waals surface area (Å²) in [4.78, 5) is 2.40. The third-order valence-corrected chi connectivity index (χ3v) is 4.80. The molecule has 1 aromatic carbocycles. The van der Waals surface area contributed by atoms with Crippen LogP contribution >= 0.6 is 0 Å². The van der Waals surface area contributed by atoms with E-state index in [0.717, 1.165) is 17.9 Å². The van der Waals surface area contributed by atoms with E-state index in [0.29, 0.717) is 12.6 Å². The molecular weight excluding hydrogens is 274 g/mol. The van der Waals surface area contributed by atoms with Gasteiger partial charge in [0, 0.05) is 18.2 Å². The third-order valence-electron chi connectivity index (χ3n) is 4.80. The molecule has 1 aromatic rings. The molecule has 1 N–H and O–H groups in total. The van der Waals surface area contributed by atoms with Gasteiger partial charge in [0.1, 0.15) is 5.75 Å². The van der Waals surface area contributed by atoms with E-state index in [9.17, 15) is 5.11 Å². The van der Waals surface area contributed by atoms with E-state index in [4.69, 9.17) is 4.74 Å². The maximum absolute atomic E-state index is 10.8. The average molecular weight is 305 g/mol. The molecule has 22 heavy (non-hydrogen) atoms. The lowest BCUT2D eigenvalue weighted by Gasteiger charge is -2.35. The van der Waals surface area contributed by atoms with Crippen molar-refractivity contribution in [3.8, 4) is 5.75 Å². The van der Waals surface area contributed by atoms with Gasteiger partial charge >= 0.3 is 0 Å². The van der Waals surface area contributed by atoms with Crippen LogP contribution in [0.1, 0.15) is 64.2 Å². The van der Waals surface area contributed by atoms with Gasteiger partial charge in [-0.05, 0) is 49.4 Å². The SMILES string of the molecule is COc1ccc(C(C)(C)C)cc1C(O)CN1CCCCC1C. The van der Waals surface area contributed by atoms with E-state index in [2.05, 4.69) is 44.7 Å². The molecule has 0 amide bonds. The zero-order valence-corrected chi connectivity index (χ0v) is 14.7. The monoisotopic (exact) mass is 305 g/mol. The zero-order chi connectivity index (χ0) is 16.3. The number of benzene rings is 1. The van der Waals surface area contributed by atoms with Crippen LogP contribution in [0, 0.1) is 0 Å². The number of hydrogen-bond acceptors (Lipinski definition) is 3. The molecule has 0 bridgehead atoms. The minimum Gasteiger partial charge on any atom is -0.496 e. The Bertz CT molecular complexity index is 493. The Morgan fingerprint density at radius 2 is 2.05 bits per heavy atom. The van der Waals surface area contributed by atoms with Gasteiger partial charge in [-0.2, -0.15) is 0 Å². The minimum atomic E-state index is -0.502. The van der Waals surface area contributed by atoms with Gasteiger partial charge in [0.2, 0.25) is 0 Å². The highest BCUT2D eigenvalue weighted by Crippen LogP contribution is 2.32. The number of ether oxygens (including phenoxy) is 1. The Morgan fingerprint density at radius 1 is 1.32 bits per heavy atom. The van der Waals surface area contributed by atoms with Crippen LogP contribution < -0.4 is 4.74 Å². The molecule has 1 aliphatic rings. The number of aliphatic hydroxyl groups is 1. The summed E-state index contributed by atoms with van der Waals surface area (Å²) in [5.74, 6) is 0.783. The van der Waals surface area contributed by atoms with Crippen molar-refractivity contribution < 1.29 is 9.84 Å². The van der Waals surface area contributed by atoms with Crippen molar-refractivity contribution in [2.75, 3.05) is 20.2 Å². The first-order valence-corrected chi connectivity index (χ1v) is 8.43. The highest BCUT2D eigenvalue weighted by molar-refractivity contribution is 5.41. The summed E-state index contributed by atoms with van der Waals surface area (Å²) in [5, 5.41) is 10.8. The van der Waals surface area contributed by atoms with Crippen molar-refractivity contribution in [3.63, 3.8) is 0 Å². The molecular formula is C19H31NO2. The van der Waals surface area contributed by atoms with Gasteiger partial charge in [0.25, 0.3) is 0 Å². The molecule has 1 aliphatic heterocycles. The summed E-state index contributed by atoms with van der Waals surface area (Å²) in [7, 11) is 1.67. The van der Waals surface area contributed by atoms with Crippen molar-refractivity contribution in [1.29, 1.82) is 0 Å². The minimum absolute atomic E-state index is 0.0686. The van der Waals surface area contributed by atoms with Gasteiger partial charge in [0.15, 0.2) is 0 Å². The van der Waals surface area contributed by atoms with E-state index >= 15 is 0 Å². The smallest absolute Gasteiger partial charge is 0.124 e. The van der Waals surface area contributed by atoms with Crippen LogP contribution in [0.2, 0.25) is 0 Å². The number of aliphatic hydroxyl groups excluding tert-OH is 1. The zero-order valence-electron chi connectivity index (χ0n) is 14.7. The molecule has 124 valence electrons. The van der Waals surface area contributed by atoms with Crippen molar-refractivity contribution in [1.82, 2.24) is 4.90 Å². The molecule has 3 nitrogen and oxygen atoms in total. The van der Waals surface area contributed by atoms with E-state index in [1.165, 1.54) is 24.8 Å². The predicted molar refractivity (Wildman–Crippen MR) is 91.5 cm³/mol. The Morgan fingerprint density at radius 3 is 2.64 bits per heavy atom. The summed E-state index contributed by atoms with van der Waals surface area (Å²) in [6.07, 6.45) is 3.26. The normalized spacial score (nSPS) is 21.6. The summed E-state index contributed by atoms with van der Waals surface area (Å²) in [6, 6.07) is 6.75. The van der Waals surface area contributed by atoms with E-state index in [1.54, 1.807) is 7.11 Å². The average Bonchev–Trinajstić information content (AvgIpc) is 2.48. The van der Waals surface area contributed by atoms with Crippen molar-refractivity contribution in [3.05, 3.63) is 29.3 Å². The molecule has 2 atom stereocenters. The fourth-order valence-corrected chi connectivity index (χ4v) is 3.21. The highest BCUT2D eigenvalue weighted by atomic mass is 16.5. The largest absolute Gasteiger partial charge is 0.496 e. The van der Waals surface area contributed by atoms with Crippen molar-refractivity contribution >= 4 is 0 Å². The number of likely N-dealkylation sites (tertiary alicyclic amines) is 1. The summed E-state index contributed by atoms with van der Waals surface area (Å²) in [5.41, 5.74) is 2.21. The molecule has 3 heteroatoms. The molecule has 1 saturated heterocycles. The molecule has 2 rings (SSSR count). The Kier molecular flexibility index (Phi) is 5.51. The number of piperidine rings is 1. The predicted octanol–water partition coefficient (Wildman–Crippen LogP) is 3.90. The van der Waals surface area contributed by atoms with E-state index < -0.39 is 6.10 Å². The highest BCUT2D eigenvalue weighted by Gasteiger charge is 2.24. The number of methoxy groups -OCH3 is 1. The fourth-order valence-electron chi connectivity index (χ4n) is 3.21. The lowest BCUT2D eigenvalue weighted by atomic mass is 9.85. The molecule has 0 saturated carbocycles. The molecule has 2 unspecified atom stereocenters. The van der Waals surface area contributed by atoms with Crippen LogP contribution in [0.4, 0.5) is 0 Å². The van der Waals surface area contributed by atoms with E-state index in [1.807, 2.05) is 6.07 Å². The Hall–Kier alpha value is -1.06. The quantitative estimate of drug-likeness (QED) is 0.915. The van der Waals surface area contributed by atoms with Crippen LogP contribution in [-0.2, 0) is 5.41 Å². The second kappa shape index (κ2) is 7.01. The van der Waals surface area contributed by atoms with Gasteiger partial charge in [-0.3, -0.25) is 4.90 Å². The number of rotatable bonds is 4. The maximum atomic E-state index is 10.8. The van der Waals surface area contributed by atoms with Gasteiger partial charge < -0.3 is 9.84 Å². The van der Waals surface area contributed by atoms with Crippen LogP contribution in [0.15, 0.2) is 18.2 Å². The molecule has 1 heterocycles. The van der Waals surface area contributed by atoms with Crippen LogP contribution in [-0.4, -0.2) is 36.2 Å². The van der Waals surface area contributed by atoms with Gasteiger partial charge in [0.05, 0.1) is 13.2 Å². The Balaban J connectivity index is 2.21. The van der Waals surface area contributed by atoms with Crippen molar-refractivity contribution in [2.45, 2.75) is 64.5 Å². The van der Waals surface area contributed by atoms with Gasteiger partial charge in [-0.15, -0.1) is 0 Å². The summed E-state index contributed by atoms with van der Waals surface area (Å²) < 4.78 is 5.47.